The van der Waals surface area contributed by atoms with E-state index in [2.05, 4.69) is 5.32 Å². The number of nitrogens with one attached hydrogen (secondary N) is 1. The number of rotatable bonds is 7. The number of carbonyl (C=O) groups excluding carboxylic acids is 2. The normalized spacial score (nSPS) is 12.2. The number of hydrogen-bond donors (Lipinski definition) is 1. The van der Waals surface area contributed by atoms with Gasteiger partial charge in [0, 0.05) is 6.54 Å². The third kappa shape index (κ3) is 6.09. The van der Waals surface area contributed by atoms with E-state index in [0.717, 1.165) is 11.1 Å². The van der Waals surface area contributed by atoms with Crippen molar-refractivity contribution in [3.05, 3.63) is 65.5 Å². The molecule has 0 bridgehead atoms. The van der Waals surface area contributed by atoms with E-state index in [-0.39, 0.29) is 0 Å². The highest BCUT2D eigenvalue weighted by Crippen LogP contribution is 2.20. The Balaban J connectivity index is 1.87. The van der Waals surface area contributed by atoms with E-state index in [1.54, 1.807) is 0 Å². The van der Waals surface area contributed by atoms with Crippen molar-refractivity contribution >= 4 is 11.9 Å². The molecule has 1 atom stereocenters. The summed E-state index contributed by atoms with van der Waals surface area (Å²) in [5.74, 6) is -1.16. The van der Waals surface area contributed by atoms with Crippen LogP contribution in [0.3, 0.4) is 0 Å². The molecule has 144 valence electrons. The molecule has 0 aliphatic carbocycles. The summed E-state index contributed by atoms with van der Waals surface area (Å²) in [4.78, 5) is 24.5. The monoisotopic (exact) mass is 373 g/mol. The zero-order valence-electron chi connectivity index (χ0n) is 15.9. The first-order chi connectivity index (χ1) is 12.7. The van der Waals surface area contributed by atoms with Gasteiger partial charge in [-0.2, -0.15) is 0 Å². The molecule has 0 aliphatic heterocycles. The summed E-state index contributed by atoms with van der Waals surface area (Å²) in [6.45, 7) is 6.87. The van der Waals surface area contributed by atoms with Crippen LogP contribution in [0, 0.1) is 12.7 Å². The number of ether oxygens (including phenoxy) is 2. The highest BCUT2D eigenvalue weighted by molar-refractivity contribution is 5.86. The topological polar surface area (TPSA) is 64.6 Å². The molecule has 0 aromatic heterocycles. The largest absolute Gasteiger partial charge is 0.476 e. The SMILES string of the molecule is Cc1ccc(CNC(=O)[C@@H](C)OC(=O)C(C)(C)Oc2ccc(F)cc2)cc1. The maximum absolute atomic E-state index is 13.0. The van der Waals surface area contributed by atoms with Gasteiger partial charge in [0.15, 0.2) is 11.7 Å². The number of carbonyl (C=O) groups is 2. The summed E-state index contributed by atoms with van der Waals surface area (Å²) in [6, 6.07) is 13.1. The molecule has 0 spiro atoms. The van der Waals surface area contributed by atoms with Gasteiger partial charge in [0.2, 0.25) is 0 Å². The standard InChI is InChI=1S/C21H24FNO4/c1-14-5-7-16(8-6-14)13-23-19(24)15(2)26-20(25)21(3,4)27-18-11-9-17(22)10-12-18/h5-12,15H,13H2,1-4H3,(H,23,24)/t15-/m1/s1. The quantitative estimate of drug-likeness (QED) is 0.754. The molecule has 2 rings (SSSR count). The van der Waals surface area contributed by atoms with E-state index in [9.17, 15) is 14.0 Å². The molecule has 0 saturated carbocycles. The minimum Gasteiger partial charge on any atom is -0.476 e. The molecule has 0 saturated heterocycles. The van der Waals surface area contributed by atoms with Crippen LogP contribution in [0.2, 0.25) is 0 Å². The van der Waals surface area contributed by atoms with E-state index in [1.165, 1.54) is 45.0 Å². The van der Waals surface area contributed by atoms with Crippen molar-refractivity contribution in [3.63, 3.8) is 0 Å². The molecule has 1 N–H and O–H groups in total. The molecule has 2 aromatic carbocycles. The Bertz CT molecular complexity index is 785. The minimum atomic E-state index is -1.33. The predicted octanol–water partition coefficient (Wildman–Crippen LogP) is 3.54. The van der Waals surface area contributed by atoms with E-state index in [0.29, 0.717) is 12.3 Å². The Morgan fingerprint density at radius 2 is 1.67 bits per heavy atom. The molecule has 0 fully saturated rings. The molecule has 0 aliphatic rings. The number of halogens is 1. The van der Waals surface area contributed by atoms with Gasteiger partial charge in [-0.25, -0.2) is 9.18 Å². The Morgan fingerprint density at radius 1 is 1.07 bits per heavy atom. The van der Waals surface area contributed by atoms with Crippen molar-refractivity contribution in [2.24, 2.45) is 0 Å². The molecule has 0 heterocycles. The molecule has 0 unspecified atom stereocenters. The molecule has 27 heavy (non-hydrogen) atoms. The van der Waals surface area contributed by atoms with Crippen LogP contribution in [0.15, 0.2) is 48.5 Å². The van der Waals surface area contributed by atoms with Crippen molar-refractivity contribution in [1.29, 1.82) is 0 Å². The van der Waals surface area contributed by atoms with Gasteiger partial charge in [-0.1, -0.05) is 29.8 Å². The fourth-order valence-corrected chi connectivity index (χ4v) is 2.23. The number of hydrogen-bond acceptors (Lipinski definition) is 4. The van der Waals surface area contributed by atoms with Gasteiger partial charge in [0.1, 0.15) is 11.6 Å². The first-order valence-electron chi connectivity index (χ1n) is 8.66. The third-order valence-electron chi connectivity index (χ3n) is 3.92. The summed E-state index contributed by atoms with van der Waals surface area (Å²) >= 11 is 0. The van der Waals surface area contributed by atoms with Crippen LogP contribution in [-0.4, -0.2) is 23.6 Å². The van der Waals surface area contributed by atoms with Crippen molar-refractivity contribution < 1.29 is 23.5 Å². The smallest absolute Gasteiger partial charge is 0.350 e. The second kappa shape index (κ2) is 8.66. The lowest BCUT2D eigenvalue weighted by Gasteiger charge is -2.26. The number of benzene rings is 2. The zero-order valence-corrected chi connectivity index (χ0v) is 15.9. The van der Waals surface area contributed by atoms with Crippen LogP contribution in [0.5, 0.6) is 5.75 Å². The molecule has 5 nitrogen and oxygen atoms in total. The second-order valence-electron chi connectivity index (χ2n) is 6.82. The van der Waals surface area contributed by atoms with Crippen LogP contribution >= 0.6 is 0 Å². The Kier molecular flexibility index (Phi) is 6.55. The molecule has 6 heteroatoms. The van der Waals surface area contributed by atoms with Crippen LogP contribution in [0.4, 0.5) is 4.39 Å². The summed E-state index contributed by atoms with van der Waals surface area (Å²) < 4.78 is 23.8. The highest BCUT2D eigenvalue weighted by atomic mass is 19.1. The van der Waals surface area contributed by atoms with E-state index in [1.807, 2.05) is 31.2 Å². The summed E-state index contributed by atoms with van der Waals surface area (Å²) in [7, 11) is 0. The van der Waals surface area contributed by atoms with Gasteiger partial charge < -0.3 is 14.8 Å². The van der Waals surface area contributed by atoms with Crippen molar-refractivity contribution in [2.75, 3.05) is 0 Å². The fourth-order valence-electron chi connectivity index (χ4n) is 2.23. The summed E-state index contributed by atoms with van der Waals surface area (Å²) in [6.07, 6.45) is -0.973. The Morgan fingerprint density at radius 3 is 2.26 bits per heavy atom. The first-order valence-corrected chi connectivity index (χ1v) is 8.66. The second-order valence-corrected chi connectivity index (χ2v) is 6.82. The van der Waals surface area contributed by atoms with Crippen LogP contribution in [0.1, 0.15) is 31.9 Å². The van der Waals surface area contributed by atoms with E-state index in [4.69, 9.17) is 9.47 Å². The molecule has 1 amide bonds. The van der Waals surface area contributed by atoms with Gasteiger partial charge in [0.25, 0.3) is 5.91 Å². The van der Waals surface area contributed by atoms with Gasteiger partial charge >= 0.3 is 5.97 Å². The average molecular weight is 373 g/mol. The van der Waals surface area contributed by atoms with E-state index < -0.39 is 29.4 Å². The van der Waals surface area contributed by atoms with Crippen molar-refractivity contribution in [2.45, 2.75) is 45.9 Å². The predicted molar refractivity (Wildman–Crippen MR) is 99.7 cm³/mol. The highest BCUT2D eigenvalue weighted by Gasteiger charge is 2.34. The Hall–Kier alpha value is -2.89. The van der Waals surface area contributed by atoms with Gasteiger partial charge in [-0.3, -0.25) is 4.79 Å². The molecule has 2 aromatic rings. The van der Waals surface area contributed by atoms with Crippen LogP contribution < -0.4 is 10.1 Å². The van der Waals surface area contributed by atoms with Gasteiger partial charge in [-0.15, -0.1) is 0 Å². The van der Waals surface area contributed by atoms with Crippen molar-refractivity contribution in [1.82, 2.24) is 5.32 Å². The molecular formula is C21H24FNO4. The van der Waals surface area contributed by atoms with Crippen molar-refractivity contribution in [3.8, 4) is 5.75 Å². The lowest BCUT2D eigenvalue weighted by atomic mass is 10.1. The average Bonchev–Trinajstić information content (AvgIpc) is 2.62. The number of esters is 1. The first kappa shape index (κ1) is 20.4. The third-order valence-corrected chi connectivity index (χ3v) is 3.92. The zero-order chi connectivity index (χ0) is 20.0. The summed E-state index contributed by atoms with van der Waals surface area (Å²) in [5.41, 5.74) is 0.756. The fraction of sp³-hybridized carbons (Fsp3) is 0.333. The van der Waals surface area contributed by atoms with Crippen LogP contribution in [-0.2, 0) is 20.9 Å². The lowest BCUT2D eigenvalue weighted by molar-refractivity contribution is -0.167. The minimum absolute atomic E-state index is 0.329. The van der Waals surface area contributed by atoms with Crippen LogP contribution in [0.25, 0.3) is 0 Å². The molecule has 0 radical (unpaired) electrons. The maximum atomic E-state index is 13.0. The number of amides is 1. The number of aryl methyl sites for hydroxylation is 1. The van der Waals surface area contributed by atoms with Gasteiger partial charge in [-0.05, 0) is 57.5 Å². The molecular weight excluding hydrogens is 349 g/mol. The maximum Gasteiger partial charge on any atom is 0.350 e. The van der Waals surface area contributed by atoms with Gasteiger partial charge in [0.05, 0.1) is 0 Å². The Labute approximate surface area is 158 Å². The summed E-state index contributed by atoms with van der Waals surface area (Å²) in [5, 5.41) is 2.73. The lowest BCUT2D eigenvalue weighted by Crippen LogP contribution is -2.44. The van der Waals surface area contributed by atoms with E-state index >= 15 is 0 Å².